The van der Waals surface area contributed by atoms with Crippen molar-refractivity contribution in [3.05, 3.63) is 171 Å². The molecule has 8 unspecified atom stereocenters. The highest BCUT2D eigenvalue weighted by Gasteiger charge is 2.51. The predicted octanol–water partition coefficient (Wildman–Crippen LogP) is 10.3. The molecule has 0 saturated heterocycles. The summed E-state index contributed by atoms with van der Waals surface area (Å²) in [6.45, 7) is 4.91. The smallest absolute Gasteiger partial charge is 0.0660 e. The number of hydrogen-bond donors (Lipinski definition) is 0. The van der Waals surface area contributed by atoms with Gasteiger partial charge in [0.25, 0.3) is 0 Å². The molecule has 0 fully saturated rings. The van der Waals surface area contributed by atoms with Crippen LogP contribution in [0.1, 0.15) is 56.6 Å². The Labute approximate surface area is 307 Å². The summed E-state index contributed by atoms with van der Waals surface area (Å²) in [5.74, 6) is 2.20. The van der Waals surface area contributed by atoms with Crippen LogP contribution >= 0.6 is 0 Å². The average molecular weight is 675 g/mol. The highest BCUT2D eigenvalue weighted by Crippen LogP contribution is 2.59. The minimum Gasteiger partial charge on any atom is -0.289 e. The quantitative estimate of drug-likeness (QED) is 0.206. The molecule has 2 aliphatic heterocycles. The fourth-order valence-electron chi connectivity index (χ4n) is 10.7. The van der Waals surface area contributed by atoms with E-state index in [0.29, 0.717) is 35.5 Å². The van der Waals surface area contributed by atoms with Gasteiger partial charge in [-0.05, 0) is 87.1 Å². The summed E-state index contributed by atoms with van der Waals surface area (Å²) in [6, 6.07) is 33.9. The molecule has 8 atom stereocenters. The van der Waals surface area contributed by atoms with Crippen LogP contribution in [0.3, 0.4) is 0 Å². The molecule has 0 spiro atoms. The Morgan fingerprint density at radius 3 is 2.50 bits per heavy atom. The molecule has 0 aromatic heterocycles. The lowest BCUT2D eigenvalue weighted by Crippen LogP contribution is -2.46. The molecule has 4 aromatic carbocycles. The van der Waals surface area contributed by atoms with Crippen LogP contribution in [0.15, 0.2) is 160 Å². The summed E-state index contributed by atoms with van der Waals surface area (Å²) in [5.41, 5.74) is 9.96. The second kappa shape index (κ2) is 12.6. The van der Waals surface area contributed by atoms with Crippen molar-refractivity contribution in [3.63, 3.8) is 0 Å². The first-order chi connectivity index (χ1) is 25.6. The second-order valence-corrected chi connectivity index (χ2v) is 16.1. The summed E-state index contributed by atoms with van der Waals surface area (Å²) in [4.78, 5) is 10.1. The lowest BCUT2D eigenvalue weighted by Gasteiger charge is -2.53. The number of fused-ring (bicyclic) bond motifs is 5. The minimum absolute atomic E-state index is 0.131. The third-order valence-corrected chi connectivity index (χ3v) is 13.5. The predicted molar refractivity (Wildman–Crippen MR) is 219 cm³/mol. The van der Waals surface area contributed by atoms with Crippen LogP contribution in [0.25, 0.3) is 22.9 Å². The zero-order chi connectivity index (χ0) is 34.8. The molecule has 0 saturated carbocycles. The van der Waals surface area contributed by atoms with Crippen molar-refractivity contribution in [1.29, 1.82) is 0 Å². The van der Waals surface area contributed by atoms with E-state index in [9.17, 15) is 0 Å². The van der Waals surface area contributed by atoms with Crippen molar-refractivity contribution in [3.8, 4) is 0 Å². The second-order valence-electron chi connectivity index (χ2n) is 16.1. The van der Waals surface area contributed by atoms with Crippen molar-refractivity contribution in [2.45, 2.75) is 56.9 Å². The van der Waals surface area contributed by atoms with Crippen molar-refractivity contribution in [1.82, 2.24) is 0 Å². The van der Waals surface area contributed by atoms with E-state index in [1.165, 1.54) is 37.9 Å². The summed E-state index contributed by atoms with van der Waals surface area (Å²) < 4.78 is 0. The third-order valence-electron chi connectivity index (χ3n) is 13.5. The van der Waals surface area contributed by atoms with Gasteiger partial charge >= 0.3 is 0 Å². The van der Waals surface area contributed by atoms with Crippen LogP contribution in [-0.4, -0.2) is 18.5 Å². The Bertz CT molecular complexity index is 2450. The van der Waals surface area contributed by atoms with Crippen LogP contribution in [0.2, 0.25) is 0 Å². The molecule has 2 heterocycles. The molecule has 6 aliphatic rings. The number of allylic oxidation sites excluding steroid dienone is 9. The molecule has 4 aromatic rings. The van der Waals surface area contributed by atoms with Crippen molar-refractivity contribution >= 4 is 41.0 Å². The number of para-hydroxylation sites is 1. The maximum atomic E-state index is 5.28. The molecular weight excluding hydrogens is 629 g/mol. The van der Waals surface area contributed by atoms with Crippen molar-refractivity contribution < 1.29 is 0 Å². The highest BCUT2D eigenvalue weighted by atomic mass is 14.8. The first-order valence-electron chi connectivity index (χ1n) is 19.5. The van der Waals surface area contributed by atoms with E-state index >= 15 is 0 Å². The van der Waals surface area contributed by atoms with E-state index in [2.05, 4.69) is 166 Å². The molecule has 0 radical (unpaired) electrons. The minimum atomic E-state index is -0.131. The van der Waals surface area contributed by atoms with E-state index < -0.39 is 0 Å². The molecule has 4 aliphatic carbocycles. The van der Waals surface area contributed by atoms with Gasteiger partial charge in [0.15, 0.2) is 0 Å². The Kier molecular flexibility index (Phi) is 7.64. The molecule has 2 heteroatoms. The molecule has 0 bridgehead atoms. The monoisotopic (exact) mass is 674 g/mol. The van der Waals surface area contributed by atoms with Gasteiger partial charge in [-0.2, -0.15) is 0 Å². The largest absolute Gasteiger partial charge is 0.289 e. The van der Waals surface area contributed by atoms with Gasteiger partial charge in [-0.15, -0.1) is 0 Å². The maximum Gasteiger partial charge on any atom is 0.0660 e. The van der Waals surface area contributed by atoms with Gasteiger partial charge in [0.2, 0.25) is 0 Å². The summed E-state index contributed by atoms with van der Waals surface area (Å²) in [7, 11) is 0. The van der Waals surface area contributed by atoms with Gasteiger partial charge in [0.1, 0.15) is 0 Å². The molecule has 10 rings (SSSR count). The van der Waals surface area contributed by atoms with E-state index in [0.717, 1.165) is 31.4 Å². The number of hydrogen-bond acceptors (Lipinski definition) is 2. The first kappa shape index (κ1) is 31.6. The van der Waals surface area contributed by atoms with E-state index in [4.69, 9.17) is 9.98 Å². The van der Waals surface area contributed by atoms with Gasteiger partial charge in [-0.3, -0.25) is 9.98 Å². The zero-order valence-electron chi connectivity index (χ0n) is 30.2. The Hall–Kier alpha value is -5.08. The van der Waals surface area contributed by atoms with Crippen LogP contribution in [0, 0.1) is 29.6 Å². The van der Waals surface area contributed by atoms with Gasteiger partial charge in [-0.25, -0.2) is 0 Å². The van der Waals surface area contributed by atoms with Crippen molar-refractivity contribution in [2.24, 2.45) is 39.6 Å². The van der Waals surface area contributed by atoms with Crippen LogP contribution in [0.5, 0.6) is 0 Å². The fourth-order valence-corrected chi connectivity index (χ4v) is 10.7. The van der Waals surface area contributed by atoms with Gasteiger partial charge < -0.3 is 0 Å². The third kappa shape index (κ3) is 5.06. The van der Waals surface area contributed by atoms with Gasteiger partial charge in [-0.1, -0.05) is 159 Å². The highest BCUT2D eigenvalue weighted by molar-refractivity contribution is 5.84. The first-order valence-corrected chi connectivity index (χ1v) is 19.5. The normalized spacial score (nSPS) is 31.4. The molecule has 0 amide bonds. The number of benzene rings is 4. The van der Waals surface area contributed by atoms with E-state index in [1.807, 2.05) is 0 Å². The average Bonchev–Trinajstić information content (AvgIpc) is 3.21. The Morgan fingerprint density at radius 2 is 1.62 bits per heavy atom. The van der Waals surface area contributed by atoms with E-state index in [1.54, 1.807) is 16.7 Å². The molecular formula is C50H46N2. The lowest BCUT2D eigenvalue weighted by molar-refractivity contribution is 0.293. The number of aliphatic imine (C=N–C) groups is 2. The van der Waals surface area contributed by atoms with Gasteiger partial charge in [0.05, 0.1) is 11.7 Å². The van der Waals surface area contributed by atoms with Crippen LogP contribution in [0.4, 0.5) is 5.69 Å². The molecule has 52 heavy (non-hydrogen) atoms. The Balaban J connectivity index is 1.05. The van der Waals surface area contributed by atoms with Crippen LogP contribution in [-0.2, 0) is 5.41 Å². The molecule has 0 N–H and O–H groups in total. The Morgan fingerprint density at radius 1 is 0.788 bits per heavy atom. The van der Waals surface area contributed by atoms with Crippen LogP contribution < -0.4 is 10.4 Å². The number of dihydropyridines is 1. The number of rotatable bonds is 4. The standard InChI is InChI=1S/C50H46N2/c1-32-41-15-8-10-18-47(41)52-31-44(32)48-26-23-39(30-51-48)37-22-25-43-46(29-37)50(2,40-24-21-34-12-4-6-14-36(34)28-40)45-17-9-7-16-42(45)49(43)38-20-19-33-11-3-5-13-35(33)27-38/h3-15,17-19,21-25,27-28,30-32,37-38,42,44,46,48H,16,20,26,29H2,1-2H3. The fraction of sp³-hybridized carbons (Fsp3) is 0.280. The van der Waals surface area contributed by atoms with E-state index in [-0.39, 0.29) is 11.5 Å². The molecule has 2 nitrogen and oxygen atoms in total. The summed E-state index contributed by atoms with van der Waals surface area (Å²) in [5, 5.41) is 5.38. The molecule has 256 valence electrons. The topological polar surface area (TPSA) is 24.7 Å². The van der Waals surface area contributed by atoms with Crippen molar-refractivity contribution in [2.75, 3.05) is 0 Å². The summed E-state index contributed by atoms with van der Waals surface area (Å²) in [6.07, 6.45) is 28.4. The lowest BCUT2D eigenvalue weighted by atomic mass is 9.50. The number of nitrogens with zero attached hydrogens (tertiary/aromatic N) is 2. The van der Waals surface area contributed by atoms with Gasteiger partial charge in [0, 0.05) is 41.5 Å². The summed E-state index contributed by atoms with van der Waals surface area (Å²) >= 11 is 0. The maximum absolute atomic E-state index is 5.28. The SMILES string of the molecule is CC1c2ccccc2N=CC1C1CC=C(C2C=CC3=C(C4C=c5ccccc5=CC4)C4CC=CC=C4C(C)(c4ccc5ccccc5c4)C3C2)C=N1. The zero-order valence-corrected chi connectivity index (χ0v) is 30.2.